The number of carbonyl (C=O) groups excluding carboxylic acids is 2. The van der Waals surface area contributed by atoms with E-state index in [1.165, 1.54) is 76.7 Å². The molecule has 0 aromatic heterocycles. The van der Waals surface area contributed by atoms with E-state index in [1.807, 2.05) is 21.1 Å². The van der Waals surface area contributed by atoms with Gasteiger partial charge < -0.3 is 43.2 Å². The van der Waals surface area contributed by atoms with Gasteiger partial charge in [-0.1, -0.05) is 172 Å². The van der Waals surface area contributed by atoms with Gasteiger partial charge in [-0.3, -0.25) is 14.2 Å². The lowest BCUT2D eigenvalue weighted by Gasteiger charge is -2.28. The van der Waals surface area contributed by atoms with Gasteiger partial charge in [0.05, 0.1) is 46.1 Å². The molecule has 59 heavy (non-hydrogen) atoms. The van der Waals surface area contributed by atoms with Crippen LogP contribution in [0.4, 0.5) is 0 Å². The molecule has 0 aliphatic rings. The summed E-state index contributed by atoms with van der Waals surface area (Å²) in [5.41, 5.74) is 0. The van der Waals surface area contributed by atoms with Crippen LogP contribution in [0.1, 0.15) is 162 Å². The van der Waals surface area contributed by atoms with E-state index in [0.29, 0.717) is 17.4 Å². The topological polar surface area (TPSA) is 172 Å². The number of quaternary nitrogens is 1. The minimum atomic E-state index is -4.71. The molecule has 0 aromatic rings. The van der Waals surface area contributed by atoms with Crippen molar-refractivity contribution in [1.82, 2.24) is 0 Å². The largest absolute Gasteiger partial charge is 0.756 e. The summed E-state index contributed by atoms with van der Waals surface area (Å²) in [6.07, 6.45) is 32.2. The Morgan fingerprint density at radius 2 is 1.10 bits per heavy atom. The summed E-state index contributed by atoms with van der Waals surface area (Å²) < 4.78 is 33.6. The molecule has 0 aliphatic carbocycles. The van der Waals surface area contributed by atoms with Crippen molar-refractivity contribution in [1.29, 1.82) is 0 Å². The molecule has 5 atom stereocenters. The van der Waals surface area contributed by atoms with E-state index in [2.05, 4.69) is 13.8 Å². The van der Waals surface area contributed by atoms with E-state index in [0.717, 1.165) is 44.9 Å². The van der Waals surface area contributed by atoms with Crippen molar-refractivity contribution in [3.05, 3.63) is 48.6 Å². The Labute approximate surface area is 358 Å². The third-order valence-electron chi connectivity index (χ3n) is 9.72. The summed E-state index contributed by atoms with van der Waals surface area (Å²) in [6.45, 7) is 3.73. The van der Waals surface area contributed by atoms with E-state index in [1.54, 1.807) is 42.5 Å². The second-order valence-corrected chi connectivity index (χ2v) is 18.0. The molecule has 0 saturated heterocycles. The van der Waals surface area contributed by atoms with Crippen LogP contribution in [0.5, 0.6) is 0 Å². The summed E-state index contributed by atoms with van der Waals surface area (Å²) in [4.78, 5) is 37.6. The van der Waals surface area contributed by atoms with Gasteiger partial charge in [-0.2, -0.15) is 0 Å². The lowest BCUT2D eigenvalue weighted by molar-refractivity contribution is -0.870. The van der Waals surface area contributed by atoms with Crippen LogP contribution in [0.2, 0.25) is 0 Å². The number of aliphatic hydroxyl groups excluding tert-OH is 3. The van der Waals surface area contributed by atoms with Crippen molar-refractivity contribution in [2.45, 2.75) is 186 Å². The first kappa shape index (κ1) is 56.9. The zero-order chi connectivity index (χ0) is 44.0. The fraction of sp³-hybridized carbons (Fsp3) is 0.783. The van der Waals surface area contributed by atoms with Crippen LogP contribution < -0.4 is 4.89 Å². The fourth-order valence-corrected chi connectivity index (χ4v) is 6.71. The molecule has 0 aromatic carbocycles. The van der Waals surface area contributed by atoms with E-state index in [-0.39, 0.29) is 32.3 Å². The third kappa shape index (κ3) is 39.7. The van der Waals surface area contributed by atoms with Gasteiger partial charge >= 0.3 is 11.9 Å². The Morgan fingerprint density at radius 3 is 1.66 bits per heavy atom. The van der Waals surface area contributed by atoms with Gasteiger partial charge in [0.1, 0.15) is 19.8 Å². The molecule has 3 N–H and O–H groups in total. The number of unbranched alkanes of at least 4 members (excludes halogenated alkanes) is 16. The second kappa shape index (κ2) is 37.6. The summed E-state index contributed by atoms with van der Waals surface area (Å²) in [5, 5.41) is 30.5. The number of likely N-dealkylation sites (N-methyl/N-ethyl adjacent to an activating group) is 1. The Balaban J connectivity index is 4.66. The monoisotopic (exact) mass is 858 g/mol. The van der Waals surface area contributed by atoms with Crippen molar-refractivity contribution in [3.63, 3.8) is 0 Å². The zero-order valence-corrected chi connectivity index (χ0v) is 38.4. The molecule has 0 spiro atoms. The van der Waals surface area contributed by atoms with E-state index in [9.17, 15) is 34.4 Å². The molecule has 0 amide bonds. The SMILES string of the molecule is CCCCCCCCCCCCCCCCCC(=O)O[C@H](COC(=O)CCC[C@@H](O)[C@H](O)/C=C/C=C/C=C\C=C\[C@H](O)CCCCC)COP(=O)([O-])OCC[N+](C)(C)C. The normalized spacial score (nSPS) is 15.6. The van der Waals surface area contributed by atoms with E-state index < -0.39 is 57.4 Å². The lowest BCUT2D eigenvalue weighted by Crippen LogP contribution is -2.37. The van der Waals surface area contributed by atoms with Crippen LogP contribution >= 0.6 is 7.82 Å². The number of rotatable bonds is 40. The van der Waals surface area contributed by atoms with Crippen LogP contribution in [-0.4, -0.2) is 104 Å². The zero-order valence-electron chi connectivity index (χ0n) is 37.5. The van der Waals surface area contributed by atoms with Crippen LogP contribution in [0.3, 0.4) is 0 Å². The van der Waals surface area contributed by atoms with Crippen LogP contribution in [0.25, 0.3) is 0 Å². The van der Waals surface area contributed by atoms with Crippen molar-refractivity contribution < 1.29 is 57.4 Å². The number of esters is 2. The van der Waals surface area contributed by atoms with Gasteiger partial charge in [0.2, 0.25) is 0 Å². The van der Waals surface area contributed by atoms with Gasteiger partial charge in [-0.05, 0) is 25.7 Å². The molecule has 0 aliphatic heterocycles. The third-order valence-corrected chi connectivity index (χ3v) is 10.7. The number of carbonyl (C=O) groups is 2. The summed E-state index contributed by atoms with van der Waals surface area (Å²) >= 11 is 0. The summed E-state index contributed by atoms with van der Waals surface area (Å²) in [6, 6.07) is 0. The first-order valence-corrected chi connectivity index (χ1v) is 24.1. The van der Waals surface area contributed by atoms with Crippen molar-refractivity contribution >= 4 is 19.8 Å². The number of phosphoric ester groups is 1. The maximum Gasteiger partial charge on any atom is 0.306 e. The highest BCUT2D eigenvalue weighted by atomic mass is 31.2. The molecule has 13 heteroatoms. The number of phosphoric acid groups is 1. The van der Waals surface area contributed by atoms with Gasteiger partial charge in [0, 0.05) is 12.8 Å². The number of ether oxygens (including phenoxy) is 2. The smallest absolute Gasteiger partial charge is 0.306 e. The molecule has 0 heterocycles. The van der Waals surface area contributed by atoms with Crippen molar-refractivity contribution in [2.75, 3.05) is 47.5 Å². The predicted molar refractivity (Wildman–Crippen MR) is 235 cm³/mol. The molecule has 344 valence electrons. The highest BCUT2D eigenvalue weighted by Gasteiger charge is 2.22. The van der Waals surface area contributed by atoms with Gasteiger partial charge in [-0.15, -0.1) is 0 Å². The van der Waals surface area contributed by atoms with Gasteiger partial charge in [0.25, 0.3) is 7.82 Å². The Kier molecular flexibility index (Phi) is 36.2. The minimum Gasteiger partial charge on any atom is -0.756 e. The average molecular weight is 858 g/mol. The number of allylic oxidation sites excluding steroid dienone is 6. The molecule has 0 radical (unpaired) electrons. The molecule has 0 rings (SSSR count). The fourth-order valence-electron chi connectivity index (χ4n) is 5.98. The standard InChI is InChI=1S/C46H84NO11P/c1-6-8-10-11-12-13-14-15-16-17-18-19-20-25-29-35-46(52)58-42(40-57-59(53,54)56-38-37-47(3,4)5)39-55-45(51)36-30-34-44(50)43(49)33-28-24-22-21-23-27-32-41(48)31-26-9-7-2/h21-24,27-28,32-33,41-44,48-50H,6-20,25-26,29-31,34-40H2,1-5H3/b23-21-,24-22+,32-27+,33-28+/t41-,42-,43-,44-/m1/s1. The van der Waals surface area contributed by atoms with E-state index in [4.69, 9.17) is 18.5 Å². The highest BCUT2D eigenvalue weighted by molar-refractivity contribution is 7.45. The van der Waals surface area contributed by atoms with Gasteiger partial charge in [-0.25, -0.2) is 0 Å². The molecule has 0 bridgehead atoms. The number of hydrogen-bond donors (Lipinski definition) is 3. The van der Waals surface area contributed by atoms with Crippen LogP contribution in [0.15, 0.2) is 48.6 Å². The lowest BCUT2D eigenvalue weighted by atomic mass is 10.0. The number of aliphatic hydroxyl groups is 3. The predicted octanol–water partition coefficient (Wildman–Crippen LogP) is 8.97. The van der Waals surface area contributed by atoms with Gasteiger partial charge in [0.15, 0.2) is 6.10 Å². The molecule has 0 saturated carbocycles. The quantitative estimate of drug-likeness (QED) is 0.0177. The Hall–Kier alpha value is -2.15. The van der Waals surface area contributed by atoms with Crippen molar-refractivity contribution in [2.24, 2.45) is 0 Å². The first-order chi connectivity index (χ1) is 28.2. The van der Waals surface area contributed by atoms with Crippen molar-refractivity contribution in [3.8, 4) is 0 Å². The molecule has 12 nitrogen and oxygen atoms in total. The molecule has 0 fully saturated rings. The molecular weight excluding hydrogens is 773 g/mol. The Morgan fingerprint density at radius 1 is 0.610 bits per heavy atom. The first-order valence-electron chi connectivity index (χ1n) is 22.7. The van der Waals surface area contributed by atoms with Crippen LogP contribution in [-0.2, 0) is 32.7 Å². The minimum absolute atomic E-state index is 0.0755. The maximum absolute atomic E-state index is 12.7. The number of nitrogens with zero attached hydrogens (tertiary/aromatic N) is 1. The molecule has 1 unspecified atom stereocenters. The molecular formula is C46H84NO11P. The van der Waals surface area contributed by atoms with E-state index >= 15 is 0 Å². The maximum atomic E-state index is 12.7. The summed E-state index contributed by atoms with van der Waals surface area (Å²) in [7, 11) is 0.976. The number of hydrogen-bond acceptors (Lipinski definition) is 11. The van der Waals surface area contributed by atoms with Crippen LogP contribution in [0, 0.1) is 0 Å². The Bertz CT molecular complexity index is 1200. The summed E-state index contributed by atoms with van der Waals surface area (Å²) in [5.74, 6) is -1.16. The highest BCUT2D eigenvalue weighted by Crippen LogP contribution is 2.38. The average Bonchev–Trinajstić information content (AvgIpc) is 3.17. The second-order valence-electron chi connectivity index (χ2n) is 16.6.